The van der Waals surface area contributed by atoms with E-state index in [0.29, 0.717) is 16.2 Å². The molecule has 0 aliphatic heterocycles. The second kappa shape index (κ2) is 7.21. The van der Waals surface area contributed by atoms with Gasteiger partial charge in [-0.15, -0.1) is 10.2 Å². The highest BCUT2D eigenvalue weighted by Crippen LogP contribution is 2.40. The van der Waals surface area contributed by atoms with E-state index in [9.17, 15) is 28.0 Å². The maximum Gasteiger partial charge on any atom is 0.339 e. The van der Waals surface area contributed by atoms with E-state index >= 15 is 0 Å². The van der Waals surface area contributed by atoms with Gasteiger partial charge in [0.05, 0.1) is 0 Å². The van der Waals surface area contributed by atoms with E-state index in [1.54, 1.807) is 48.5 Å². The highest BCUT2D eigenvalue weighted by molar-refractivity contribution is 7.86. The monoisotopic (exact) mass is 422 g/mol. The van der Waals surface area contributed by atoms with E-state index in [2.05, 4.69) is 10.2 Å². The van der Waals surface area contributed by atoms with Crippen molar-refractivity contribution in [2.24, 2.45) is 10.2 Å². The molecule has 0 aromatic heterocycles. The Bertz CT molecular complexity index is 1460. The molecule has 0 aliphatic rings. The van der Waals surface area contributed by atoms with Gasteiger partial charge in [-0.3, -0.25) is 4.55 Å². The van der Waals surface area contributed by atoms with Crippen molar-refractivity contribution in [1.82, 2.24) is 0 Å². The van der Waals surface area contributed by atoms with Gasteiger partial charge in [0.15, 0.2) is 5.75 Å². The van der Waals surface area contributed by atoms with Crippen molar-refractivity contribution in [3.63, 3.8) is 0 Å². The number of carboxylic acid groups (broad SMARTS) is 1. The molecular formula is C21H14N2O6S. The van der Waals surface area contributed by atoms with Crippen LogP contribution in [0.25, 0.3) is 21.5 Å². The van der Waals surface area contributed by atoms with Crippen LogP contribution in [0, 0.1) is 0 Å². The minimum absolute atomic E-state index is 0.125. The first-order valence-corrected chi connectivity index (χ1v) is 10.1. The first-order valence-electron chi connectivity index (χ1n) is 8.66. The molecule has 0 saturated heterocycles. The largest absolute Gasteiger partial charge is 0.505 e. The van der Waals surface area contributed by atoms with Crippen molar-refractivity contribution in [2.75, 3.05) is 0 Å². The summed E-state index contributed by atoms with van der Waals surface area (Å²) < 4.78 is 33.8. The number of carboxylic acids is 1. The maximum atomic E-state index is 12.0. The molecule has 3 N–H and O–H groups in total. The fraction of sp³-hybridized carbons (Fsp3) is 0. The van der Waals surface area contributed by atoms with Gasteiger partial charge in [-0.1, -0.05) is 54.6 Å². The fourth-order valence-corrected chi connectivity index (χ4v) is 4.10. The third-order valence-corrected chi connectivity index (χ3v) is 5.55. The second-order valence-electron chi connectivity index (χ2n) is 6.46. The predicted octanol–water partition coefficient (Wildman–Crippen LogP) is 5.06. The summed E-state index contributed by atoms with van der Waals surface area (Å²) in [5.41, 5.74) is -0.642. The van der Waals surface area contributed by atoms with Gasteiger partial charge < -0.3 is 10.2 Å². The molecule has 0 unspecified atom stereocenters. The van der Waals surface area contributed by atoms with Gasteiger partial charge in [0, 0.05) is 10.8 Å². The number of benzene rings is 4. The SMILES string of the molecule is O=C(O)c1cc2ccccc2c(N=Nc2ccc3ccccc3c2S(=O)(=O)O)c1O. The van der Waals surface area contributed by atoms with Crippen molar-refractivity contribution in [3.05, 3.63) is 72.3 Å². The van der Waals surface area contributed by atoms with Crippen LogP contribution in [0.3, 0.4) is 0 Å². The van der Waals surface area contributed by atoms with Crippen molar-refractivity contribution >= 4 is 49.0 Å². The lowest BCUT2D eigenvalue weighted by Gasteiger charge is -2.09. The van der Waals surface area contributed by atoms with Gasteiger partial charge in [0.1, 0.15) is 21.8 Å². The summed E-state index contributed by atoms with van der Waals surface area (Å²) >= 11 is 0. The molecule has 8 nitrogen and oxygen atoms in total. The number of fused-ring (bicyclic) bond motifs is 2. The third kappa shape index (κ3) is 3.36. The Labute approximate surface area is 170 Å². The van der Waals surface area contributed by atoms with Crippen molar-refractivity contribution in [1.29, 1.82) is 0 Å². The summed E-state index contributed by atoms with van der Waals surface area (Å²) in [6.07, 6.45) is 0. The van der Waals surface area contributed by atoms with Crippen LogP contribution in [0.5, 0.6) is 5.75 Å². The first kappa shape index (κ1) is 19.5. The van der Waals surface area contributed by atoms with Crippen molar-refractivity contribution in [3.8, 4) is 5.75 Å². The standard InChI is InChI=1S/C21H14N2O6S/c24-19-16(21(25)26)11-13-6-2-3-7-14(13)18(19)23-22-17-10-9-12-5-1-4-8-15(12)20(17)30(27,28)29/h1-11,24H,(H,25,26)(H,27,28,29). The number of rotatable bonds is 4. The number of aromatic carboxylic acids is 1. The first-order chi connectivity index (χ1) is 14.3. The average Bonchev–Trinajstić information content (AvgIpc) is 2.71. The maximum absolute atomic E-state index is 12.0. The van der Waals surface area contributed by atoms with Crippen molar-refractivity contribution in [2.45, 2.75) is 4.90 Å². The lowest BCUT2D eigenvalue weighted by atomic mass is 10.0. The average molecular weight is 422 g/mol. The normalized spacial score (nSPS) is 12.0. The van der Waals surface area contributed by atoms with E-state index in [-0.39, 0.29) is 22.3 Å². The number of phenols is 1. The summed E-state index contributed by atoms with van der Waals surface area (Å²) in [4.78, 5) is 11.1. The quantitative estimate of drug-likeness (QED) is 0.311. The summed E-state index contributed by atoms with van der Waals surface area (Å²) in [7, 11) is -4.65. The molecule has 0 fully saturated rings. The number of nitrogens with zero attached hydrogens (tertiary/aromatic N) is 2. The molecule has 0 aliphatic carbocycles. The summed E-state index contributed by atoms with van der Waals surface area (Å²) in [5, 5.41) is 29.5. The molecule has 0 amide bonds. The number of hydrogen-bond donors (Lipinski definition) is 3. The van der Waals surface area contributed by atoms with E-state index in [1.165, 1.54) is 18.2 Å². The zero-order chi connectivity index (χ0) is 21.5. The Morgan fingerprint density at radius 2 is 1.47 bits per heavy atom. The van der Waals surface area contributed by atoms with Gasteiger partial charge in [0.2, 0.25) is 0 Å². The molecule has 0 bridgehead atoms. The molecule has 0 saturated carbocycles. The lowest BCUT2D eigenvalue weighted by molar-refractivity contribution is 0.0694. The number of azo groups is 1. The Morgan fingerprint density at radius 3 is 2.13 bits per heavy atom. The van der Waals surface area contributed by atoms with Crippen LogP contribution in [0.4, 0.5) is 11.4 Å². The molecule has 0 heterocycles. The molecule has 0 spiro atoms. The molecule has 150 valence electrons. The van der Waals surface area contributed by atoms with Crippen LogP contribution in [0.2, 0.25) is 0 Å². The molecule has 0 radical (unpaired) electrons. The van der Waals surface area contributed by atoms with Gasteiger partial charge >= 0.3 is 5.97 Å². The number of carbonyl (C=O) groups is 1. The van der Waals surface area contributed by atoms with Gasteiger partial charge in [0.25, 0.3) is 10.1 Å². The highest BCUT2D eigenvalue weighted by atomic mass is 32.2. The third-order valence-electron chi connectivity index (χ3n) is 4.60. The van der Waals surface area contributed by atoms with Crippen LogP contribution in [-0.4, -0.2) is 29.2 Å². The Morgan fingerprint density at radius 1 is 0.833 bits per heavy atom. The van der Waals surface area contributed by atoms with Crippen molar-refractivity contribution < 1.29 is 28.0 Å². The zero-order valence-electron chi connectivity index (χ0n) is 15.2. The Kier molecular flexibility index (Phi) is 4.69. The van der Waals surface area contributed by atoms with Crippen LogP contribution >= 0.6 is 0 Å². The molecule has 0 atom stereocenters. The van der Waals surface area contributed by atoms with E-state index in [1.807, 2.05) is 0 Å². The fourth-order valence-electron chi connectivity index (χ4n) is 3.27. The van der Waals surface area contributed by atoms with Crippen LogP contribution in [0.1, 0.15) is 10.4 Å². The van der Waals surface area contributed by atoms with E-state index < -0.39 is 26.7 Å². The van der Waals surface area contributed by atoms with Gasteiger partial charge in [-0.25, -0.2) is 4.79 Å². The Balaban J connectivity index is 1.98. The summed E-state index contributed by atoms with van der Waals surface area (Å²) in [5.74, 6) is -1.95. The Hall–Kier alpha value is -3.82. The second-order valence-corrected chi connectivity index (χ2v) is 7.82. The van der Waals surface area contributed by atoms with Gasteiger partial charge in [-0.05, 0) is 22.9 Å². The van der Waals surface area contributed by atoms with E-state index in [0.717, 1.165) is 0 Å². The highest BCUT2D eigenvalue weighted by Gasteiger charge is 2.21. The van der Waals surface area contributed by atoms with Crippen LogP contribution in [-0.2, 0) is 10.1 Å². The van der Waals surface area contributed by atoms with Gasteiger partial charge in [-0.2, -0.15) is 8.42 Å². The van der Waals surface area contributed by atoms with Crippen LogP contribution < -0.4 is 0 Å². The molecule has 4 rings (SSSR count). The number of hydrogen-bond acceptors (Lipinski definition) is 6. The molecular weight excluding hydrogens is 408 g/mol. The molecule has 4 aromatic rings. The summed E-state index contributed by atoms with van der Waals surface area (Å²) in [6.45, 7) is 0. The molecule has 30 heavy (non-hydrogen) atoms. The zero-order valence-corrected chi connectivity index (χ0v) is 16.0. The lowest BCUT2D eigenvalue weighted by Crippen LogP contribution is -1.99. The predicted molar refractivity (Wildman–Crippen MR) is 111 cm³/mol. The minimum Gasteiger partial charge on any atom is -0.505 e. The summed E-state index contributed by atoms with van der Waals surface area (Å²) in [6, 6.07) is 17.5. The molecule has 9 heteroatoms. The minimum atomic E-state index is -4.65. The molecule has 4 aromatic carbocycles. The van der Waals surface area contributed by atoms with Crippen LogP contribution in [0.15, 0.2) is 81.9 Å². The van der Waals surface area contributed by atoms with E-state index in [4.69, 9.17) is 0 Å². The smallest absolute Gasteiger partial charge is 0.339 e. The topological polar surface area (TPSA) is 137 Å². The number of aromatic hydroxyl groups is 1.